The molecule has 0 bridgehead atoms. The van der Waals surface area contributed by atoms with Gasteiger partial charge in [0.05, 0.1) is 6.42 Å². The predicted molar refractivity (Wildman–Crippen MR) is 146 cm³/mol. The largest absolute Gasteiger partial charge is 0.327 e. The minimum absolute atomic E-state index is 0.0354. The number of fused-ring (bicyclic) bond motifs is 1. The molecule has 6 nitrogen and oxygen atoms in total. The fourth-order valence-corrected chi connectivity index (χ4v) is 4.60. The standard InChI is InChI=1S/C31H27N3O3/c1-21-9-3-5-11-25(21)26-12-6-7-13-27(26)30(36)32-24-17-15-22(16-18-24)31(37)34-20-33(2)29(35)19-23-10-4-8-14-28(23)34/h3-18H,19-20H2,1-2H3,(H,32,36). The van der Waals surface area contributed by atoms with E-state index < -0.39 is 0 Å². The molecule has 37 heavy (non-hydrogen) atoms. The number of benzene rings is 4. The maximum Gasteiger partial charge on any atom is 0.259 e. The Morgan fingerprint density at radius 1 is 0.784 bits per heavy atom. The molecule has 5 rings (SSSR count). The number of carbonyl (C=O) groups excluding carboxylic acids is 3. The van der Waals surface area contributed by atoms with E-state index in [0.717, 1.165) is 27.9 Å². The van der Waals surface area contributed by atoms with Crippen LogP contribution < -0.4 is 10.2 Å². The SMILES string of the molecule is Cc1ccccc1-c1ccccc1C(=O)Nc1ccc(C(=O)N2CN(C)C(=O)Cc3ccccc32)cc1. The highest BCUT2D eigenvalue weighted by molar-refractivity contribution is 6.10. The summed E-state index contributed by atoms with van der Waals surface area (Å²) in [4.78, 5) is 42.3. The Labute approximate surface area is 216 Å². The molecule has 0 spiro atoms. The van der Waals surface area contributed by atoms with Crippen molar-refractivity contribution in [3.63, 3.8) is 0 Å². The fraction of sp³-hybridized carbons (Fsp3) is 0.129. The van der Waals surface area contributed by atoms with Gasteiger partial charge in [-0.2, -0.15) is 0 Å². The number of aryl methyl sites for hydroxylation is 1. The first-order valence-corrected chi connectivity index (χ1v) is 12.1. The second-order valence-electron chi connectivity index (χ2n) is 9.16. The molecule has 1 N–H and O–H groups in total. The fourth-order valence-electron chi connectivity index (χ4n) is 4.60. The lowest BCUT2D eigenvalue weighted by atomic mass is 9.95. The normalized spacial score (nSPS) is 13.1. The van der Waals surface area contributed by atoms with E-state index >= 15 is 0 Å². The van der Waals surface area contributed by atoms with Gasteiger partial charge < -0.3 is 10.2 Å². The molecule has 0 unspecified atom stereocenters. The second-order valence-corrected chi connectivity index (χ2v) is 9.16. The van der Waals surface area contributed by atoms with Crippen molar-refractivity contribution in [2.45, 2.75) is 13.3 Å². The lowest BCUT2D eigenvalue weighted by Gasteiger charge is -2.26. The van der Waals surface area contributed by atoms with Crippen LogP contribution in [0.5, 0.6) is 0 Å². The molecule has 3 amide bonds. The van der Waals surface area contributed by atoms with Crippen molar-refractivity contribution in [3.8, 4) is 11.1 Å². The number of para-hydroxylation sites is 1. The average molecular weight is 490 g/mol. The van der Waals surface area contributed by atoms with E-state index in [9.17, 15) is 14.4 Å². The maximum atomic E-state index is 13.5. The molecule has 0 fully saturated rings. The number of nitrogens with one attached hydrogen (secondary N) is 1. The Morgan fingerprint density at radius 3 is 2.19 bits per heavy atom. The first-order valence-electron chi connectivity index (χ1n) is 12.1. The maximum absolute atomic E-state index is 13.5. The summed E-state index contributed by atoms with van der Waals surface area (Å²) in [7, 11) is 1.70. The number of amides is 3. The zero-order chi connectivity index (χ0) is 25.9. The van der Waals surface area contributed by atoms with E-state index in [0.29, 0.717) is 16.8 Å². The summed E-state index contributed by atoms with van der Waals surface area (Å²) in [6, 6.07) is 29.8. The molecule has 1 aliphatic rings. The van der Waals surface area contributed by atoms with E-state index in [-0.39, 0.29) is 30.8 Å². The number of nitrogens with zero attached hydrogens (tertiary/aromatic N) is 2. The van der Waals surface area contributed by atoms with Crippen molar-refractivity contribution < 1.29 is 14.4 Å². The number of hydrogen-bond donors (Lipinski definition) is 1. The summed E-state index contributed by atoms with van der Waals surface area (Å²) < 4.78 is 0. The molecule has 0 radical (unpaired) electrons. The van der Waals surface area contributed by atoms with E-state index in [1.165, 1.54) is 0 Å². The number of carbonyl (C=O) groups is 3. The smallest absolute Gasteiger partial charge is 0.259 e. The zero-order valence-electron chi connectivity index (χ0n) is 20.8. The van der Waals surface area contributed by atoms with Crippen LogP contribution in [0.4, 0.5) is 11.4 Å². The van der Waals surface area contributed by atoms with Gasteiger partial charge >= 0.3 is 0 Å². The van der Waals surface area contributed by atoms with E-state index in [1.54, 1.807) is 41.1 Å². The lowest BCUT2D eigenvalue weighted by molar-refractivity contribution is -0.128. The Kier molecular flexibility index (Phi) is 6.56. The highest BCUT2D eigenvalue weighted by Crippen LogP contribution is 2.29. The van der Waals surface area contributed by atoms with Gasteiger partial charge in [0.25, 0.3) is 11.8 Å². The third-order valence-corrected chi connectivity index (χ3v) is 6.65. The third-order valence-electron chi connectivity index (χ3n) is 6.65. The van der Waals surface area contributed by atoms with Crippen molar-refractivity contribution in [1.82, 2.24) is 4.90 Å². The first kappa shape index (κ1) is 24.0. The van der Waals surface area contributed by atoms with Crippen LogP contribution in [0, 0.1) is 6.92 Å². The Bertz CT molecular complexity index is 1490. The van der Waals surface area contributed by atoms with Crippen LogP contribution in [0.2, 0.25) is 0 Å². The number of rotatable bonds is 4. The summed E-state index contributed by atoms with van der Waals surface area (Å²) in [6.07, 6.45) is 0.255. The van der Waals surface area contributed by atoms with Crippen LogP contribution in [0.1, 0.15) is 31.8 Å². The van der Waals surface area contributed by atoms with Crippen molar-refractivity contribution in [1.29, 1.82) is 0 Å². The Balaban J connectivity index is 1.37. The van der Waals surface area contributed by atoms with E-state index in [2.05, 4.69) is 5.32 Å². The summed E-state index contributed by atoms with van der Waals surface area (Å²) in [5.74, 6) is -0.469. The molecule has 0 saturated carbocycles. The van der Waals surface area contributed by atoms with Gasteiger partial charge in [0.1, 0.15) is 6.67 Å². The van der Waals surface area contributed by atoms with Crippen LogP contribution in [0.25, 0.3) is 11.1 Å². The first-order chi connectivity index (χ1) is 17.9. The average Bonchev–Trinajstić information content (AvgIpc) is 3.04. The van der Waals surface area contributed by atoms with Gasteiger partial charge in [-0.1, -0.05) is 60.7 Å². The van der Waals surface area contributed by atoms with Gasteiger partial charge in [0, 0.05) is 29.5 Å². The van der Waals surface area contributed by atoms with Crippen molar-refractivity contribution >= 4 is 29.1 Å². The second kappa shape index (κ2) is 10.1. The molecular formula is C31H27N3O3. The van der Waals surface area contributed by atoms with Crippen LogP contribution in [-0.2, 0) is 11.2 Å². The summed E-state index contributed by atoms with van der Waals surface area (Å²) in [5.41, 5.74) is 6.15. The van der Waals surface area contributed by atoms with Gasteiger partial charge in [-0.05, 0) is 65.6 Å². The van der Waals surface area contributed by atoms with Crippen molar-refractivity contribution in [3.05, 3.63) is 119 Å². The van der Waals surface area contributed by atoms with Gasteiger partial charge in [-0.15, -0.1) is 0 Å². The summed E-state index contributed by atoms with van der Waals surface area (Å²) in [6.45, 7) is 2.19. The quantitative estimate of drug-likeness (QED) is 0.410. The van der Waals surface area contributed by atoms with Crippen LogP contribution in [0.15, 0.2) is 97.1 Å². The molecule has 0 aromatic heterocycles. The molecule has 0 aliphatic carbocycles. The Hall–Kier alpha value is -4.71. The molecule has 1 aliphatic heterocycles. The highest BCUT2D eigenvalue weighted by atomic mass is 16.2. The van der Waals surface area contributed by atoms with Crippen LogP contribution >= 0.6 is 0 Å². The molecule has 0 atom stereocenters. The Morgan fingerprint density at radius 2 is 1.43 bits per heavy atom. The third kappa shape index (κ3) is 4.86. The topological polar surface area (TPSA) is 69.7 Å². The van der Waals surface area contributed by atoms with Gasteiger partial charge in [-0.25, -0.2) is 0 Å². The van der Waals surface area contributed by atoms with Crippen molar-refractivity contribution in [2.24, 2.45) is 0 Å². The number of likely N-dealkylation sites (N-methyl/N-ethyl adjacent to an activating group) is 1. The minimum atomic E-state index is -0.223. The molecule has 4 aromatic rings. The lowest BCUT2D eigenvalue weighted by Crippen LogP contribution is -2.41. The van der Waals surface area contributed by atoms with Gasteiger partial charge in [0.15, 0.2) is 0 Å². The molecular weight excluding hydrogens is 462 g/mol. The van der Waals surface area contributed by atoms with Crippen LogP contribution in [-0.4, -0.2) is 36.3 Å². The molecule has 1 heterocycles. The molecule has 4 aromatic carbocycles. The highest BCUT2D eigenvalue weighted by Gasteiger charge is 2.27. The monoisotopic (exact) mass is 489 g/mol. The number of anilines is 2. The summed E-state index contributed by atoms with van der Waals surface area (Å²) >= 11 is 0. The van der Waals surface area contributed by atoms with E-state index in [1.807, 2.05) is 79.7 Å². The minimum Gasteiger partial charge on any atom is -0.327 e. The molecule has 184 valence electrons. The molecule has 6 heteroatoms. The zero-order valence-corrected chi connectivity index (χ0v) is 20.8. The van der Waals surface area contributed by atoms with Crippen LogP contribution in [0.3, 0.4) is 0 Å². The number of hydrogen-bond acceptors (Lipinski definition) is 3. The molecule has 0 saturated heterocycles. The van der Waals surface area contributed by atoms with Gasteiger partial charge in [-0.3, -0.25) is 19.3 Å². The summed E-state index contributed by atoms with van der Waals surface area (Å²) in [5, 5.41) is 2.96. The van der Waals surface area contributed by atoms with E-state index in [4.69, 9.17) is 0 Å². The predicted octanol–water partition coefficient (Wildman–Crippen LogP) is 5.53. The van der Waals surface area contributed by atoms with Crippen molar-refractivity contribution in [2.75, 3.05) is 23.9 Å². The van der Waals surface area contributed by atoms with Gasteiger partial charge in [0.2, 0.25) is 5.91 Å².